The van der Waals surface area contributed by atoms with E-state index >= 15 is 0 Å². The average Bonchev–Trinajstić information content (AvgIpc) is 2.77. The van der Waals surface area contributed by atoms with Crippen LogP contribution in [0.25, 0.3) is 0 Å². The van der Waals surface area contributed by atoms with E-state index in [-0.39, 0.29) is 11.1 Å². The summed E-state index contributed by atoms with van der Waals surface area (Å²) in [6, 6.07) is 0.564. The van der Waals surface area contributed by atoms with Gasteiger partial charge in [0.15, 0.2) is 0 Å². The summed E-state index contributed by atoms with van der Waals surface area (Å²) >= 11 is 0. The predicted octanol–water partition coefficient (Wildman–Crippen LogP) is 1.98. The van der Waals surface area contributed by atoms with Crippen LogP contribution in [-0.4, -0.2) is 35.5 Å². The first-order chi connectivity index (χ1) is 8.26. The summed E-state index contributed by atoms with van der Waals surface area (Å²) in [6.07, 6.45) is 10.9. The summed E-state index contributed by atoms with van der Waals surface area (Å²) in [5.74, 6) is 0. The van der Waals surface area contributed by atoms with Crippen LogP contribution in [0.4, 0.5) is 0 Å². The minimum Gasteiger partial charge on any atom is -0.394 e. The maximum Gasteiger partial charge on any atom is 0.0697 e. The van der Waals surface area contributed by atoms with Crippen molar-refractivity contribution in [3.8, 4) is 0 Å². The summed E-state index contributed by atoms with van der Waals surface area (Å²) in [4.78, 5) is 0. The van der Waals surface area contributed by atoms with Crippen LogP contribution in [0.15, 0.2) is 0 Å². The Labute approximate surface area is 104 Å². The molecule has 0 radical (unpaired) electrons. The molecule has 3 aliphatic rings. The van der Waals surface area contributed by atoms with Crippen LogP contribution < -0.4 is 5.32 Å². The van der Waals surface area contributed by atoms with Crippen LogP contribution in [0.2, 0.25) is 0 Å². The van der Waals surface area contributed by atoms with Gasteiger partial charge in [0.1, 0.15) is 0 Å². The standard InChI is InChI=1S/C14H25NO2/c16-11-13(5-1-2-6-13)15-12-4-9-17-14(10-12)7-3-8-14/h12,15-16H,1-11H2. The summed E-state index contributed by atoms with van der Waals surface area (Å²) in [5, 5.41) is 13.4. The van der Waals surface area contributed by atoms with Crippen molar-refractivity contribution in [2.45, 2.75) is 75.0 Å². The number of aliphatic hydroxyl groups excluding tert-OH is 1. The smallest absolute Gasteiger partial charge is 0.0697 e. The topological polar surface area (TPSA) is 41.5 Å². The summed E-state index contributed by atoms with van der Waals surface area (Å²) in [5.41, 5.74) is 0.248. The molecule has 1 unspecified atom stereocenters. The van der Waals surface area contributed by atoms with Crippen molar-refractivity contribution in [2.24, 2.45) is 0 Å². The zero-order valence-electron chi connectivity index (χ0n) is 10.7. The first-order valence-electron chi connectivity index (χ1n) is 7.29. The number of hydrogen-bond donors (Lipinski definition) is 2. The molecule has 98 valence electrons. The Bertz CT molecular complexity index is 269. The summed E-state index contributed by atoms with van der Waals surface area (Å²) in [6.45, 7) is 1.20. The highest BCUT2D eigenvalue weighted by atomic mass is 16.5. The minimum atomic E-state index is 0.0347. The fraction of sp³-hybridized carbons (Fsp3) is 1.00. The van der Waals surface area contributed by atoms with Gasteiger partial charge in [-0.1, -0.05) is 12.8 Å². The Morgan fingerprint density at radius 1 is 1.12 bits per heavy atom. The van der Waals surface area contributed by atoms with Crippen LogP contribution in [0.5, 0.6) is 0 Å². The molecule has 0 amide bonds. The van der Waals surface area contributed by atoms with Gasteiger partial charge in [0.2, 0.25) is 0 Å². The van der Waals surface area contributed by atoms with Crippen LogP contribution in [0, 0.1) is 0 Å². The number of ether oxygens (including phenoxy) is 1. The molecule has 1 spiro atoms. The second-order valence-corrected chi connectivity index (χ2v) is 6.36. The Balaban J connectivity index is 1.60. The number of hydrogen-bond acceptors (Lipinski definition) is 3. The summed E-state index contributed by atoms with van der Waals surface area (Å²) < 4.78 is 5.96. The zero-order valence-corrected chi connectivity index (χ0v) is 10.7. The highest BCUT2D eigenvalue weighted by molar-refractivity contribution is 5.00. The molecule has 1 saturated heterocycles. The van der Waals surface area contributed by atoms with Gasteiger partial charge < -0.3 is 15.2 Å². The van der Waals surface area contributed by atoms with Gasteiger partial charge >= 0.3 is 0 Å². The third-order valence-electron chi connectivity index (χ3n) is 5.13. The van der Waals surface area contributed by atoms with Gasteiger partial charge in [-0.05, 0) is 44.9 Å². The lowest BCUT2D eigenvalue weighted by atomic mass is 9.73. The molecule has 1 atom stereocenters. The predicted molar refractivity (Wildman–Crippen MR) is 67.0 cm³/mol. The zero-order chi connectivity index (χ0) is 11.8. The van der Waals surface area contributed by atoms with Gasteiger partial charge in [-0.3, -0.25) is 0 Å². The molecule has 3 rings (SSSR count). The number of aliphatic hydroxyl groups is 1. The molecule has 0 bridgehead atoms. The molecule has 2 N–H and O–H groups in total. The van der Waals surface area contributed by atoms with Crippen LogP contribution >= 0.6 is 0 Å². The second-order valence-electron chi connectivity index (χ2n) is 6.36. The Hall–Kier alpha value is -0.120. The van der Waals surface area contributed by atoms with Gasteiger partial charge in [0.05, 0.1) is 12.2 Å². The lowest BCUT2D eigenvalue weighted by molar-refractivity contribution is -0.138. The molecule has 2 saturated carbocycles. The van der Waals surface area contributed by atoms with Gasteiger partial charge in [0.25, 0.3) is 0 Å². The molecule has 2 aliphatic carbocycles. The molecular weight excluding hydrogens is 214 g/mol. The molecular formula is C14H25NO2. The van der Waals surface area contributed by atoms with Crippen molar-refractivity contribution in [1.82, 2.24) is 5.32 Å². The molecule has 0 aromatic rings. The van der Waals surface area contributed by atoms with Gasteiger partial charge in [-0.2, -0.15) is 0 Å². The van der Waals surface area contributed by atoms with Crippen LogP contribution in [0.3, 0.4) is 0 Å². The quantitative estimate of drug-likeness (QED) is 0.791. The summed E-state index contributed by atoms with van der Waals surface area (Å²) in [7, 11) is 0. The third kappa shape index (κ3) is 2.25. The highest BCUT2D eigenvalue weighted by Gasteiger charge is 2.44. The maximum atomic E-state index is 9.65. The Morgan fingerprint density at radius 2 is 1.88 bits per heavy atom. The SMILES string of the molecule is OCC1(NC2CCOC3(CCC3)C2)CCCC1. The molecule has 1 heterocycles. The van der Waals surface area contributed by atoms with E-state index in [4.69, 9.17) is 4.74 Å². The monoisotopic (exact) mass is 239 g/mol. The Kier molecular flexibility index (Phi) is 3.18. The largest absolute Gasteiger partial charge is 0.394 e. The van der Waals surface area contributed by atoms with E-state index in [0.717, 1.165) is 32.3 Å². The number of rotatable bonds is 3. The normalized spacial score (nSPS) is 34.8. The second kappa shape index (κ2) is 4.52. The van der Waals surface area contributed by atoms with E-state index in [1.807, 2.05) is 0 Å². The van der Waals surface area contributed by atoms with E-state index in [9.17, 15) is 5.11 Å². The van der Waals surface area contributed by atoms with Crippen LogP contribution in [0.1, 0.15) is 57.8 Å². The van der Waals surface area contributed by atoms with Gasteiger partial charge in [0, 0.05) is 18.2 Å². The molecule has 3 heteroatoms. The first kappa shape index (κ1) is 11.9. The van der Waals surface area contributed by atoms with Crippen molar-refractivity contribution in [3.05, 3.63) is 0 Å². The highest BCUT2D eigenvalue weighted by Crippen LogP contribution is 2.43. The fourth-order valence-corrected chi connectivity index (χ4v) is 3.90. The van der Waals surface area contributed by atoms with E-state index in [1.54, 1.807) is 0 Å². The number of nitrogens with one attached hydrogen (secondary N) is 1. The molecule has 0 aromatic carbocycles. The first-order valence-corrected chi connectivity index (χ1v) is 7.29. The lowest BCUT2D eigenvalue weighted by Gasteiger charge is -2.49. The van der Waals surface area contributed by atoms with Crippen molar-refractivity contribution in [1.29, 1.82) is 0 Å². The fourth-order valence-electron chi connectivity index (χ4n) is 3.90. The van der Waals surface area contributed by atoms with E-state index < -0.39 is 0 Å². The van der Waals surface area contributed by atoms with Crippen molar-refractivity contribution in [3.63, 3.8) is 0 Å². The average molecular weight is 239 g/mol. The Morgan fingerprint density at radius 3 is 2.47 bits per heavy atom. The van der Waals surface area contributed by atoms with Crippen LogP contribution in [-0.2, 0) is 4.74 Å². The van der Waals surface area contributed by atoms with Gasteiger partial charge in [-0.15, -0.1) is 0 Å². The van der Waals surface area contributed by atoms with Crippen molar-refractivity contribution >= 4 is 0 Å². The molecule has 17 heavy (non-hydrogen) atoms. The van der Waals surface area contributed by atoms with E-state index in [1.165, 1.54) is 32.1 Å². The molecule has 3 nitrogen and oxygen atoms in total. The van der Waals surface area contributed by atoms with Gasteiger partial charge in [-0.25, -0.2) is 0 Å². The minimum absolute atomic E-state index is 0.0347. The molecule has 3 fully saturated rings. The van der Waals surface area contributed by atoms with E-state index in [0.29, 0.717) is 12.6 Å². The third-order valence-corrected chi connectivity index (χ3v) is 5.13. The van der Waals surface area contributed by atoms with Crippen molar-refractivity contribution in [2.75, 3.05) is 13.2 Å². The molecule has 1 aliphatic heterocycles. The lowest BCUT2D eigenvalue weighted by Crippen LogP contribution is -2.57. The maximum absolute atomic E-state index is 9.65. The molecule has 0 aromatic heterocycles. The van der Waals surface area contributed by atoms with E-state index in [2.05, 4.69) is 5.32 Å². The van der Waals surface area contributed by atoms with Crippen molar-refractivity contribution < 1.29 is 9.84 Å².